The average molecular weight is 464 g/mol. The molecule has 0 aliphatic carbocycles. The van der Waals surface area contributed by atoms with E-state index in [1.807, 2.05) is 50.2 Å². The minimum Gasteiger partial charge on any atom is -0.494 e. The van der Waals surface area contributed by atoms with Crippen LogP contribution in [0.2, 0.25) is 0 Å². The molecule has 6 heteroatoms. The number of amides is 1. The Morgan fingerprint density at radius 1 is 1.03 bits per heavy atom. The zero-order valence-corrected chi connectivity index (χ0v) is 20.5. The van der Waals surface area contributed by atoms with Crippen LogP contribution >= 0.6 is 0 Å². The number of carbonyl (C=O) groups is 1. The van der Waals surface area contributed by atoms with E-state index in [1.54, 1.807) is 12.0 Å². The number of hydrogen-bond acceptors (Lipinski definition) is 5. The van der Waals surface area contributed by atoms with Crippen molar-refractivity contribution in [3.8, 4) is 5.75 Å². The molecule has 1 unspecified atom stereocenters. The normalized spacial score (nSPS) is 15.2. The van der Waals surface area contributed by atoms with E-state index in [2.05, 4.69) is 6.92 Å². The van der Waals surface area contributed by atoms with Crippen LogP contribution < -0.4 is 10.2 Å². The first-order valence-electron chi connectivity index (χ1n) is 12.1. The first kappa shape index (κ1) is 24.0. The first-order valence-corrected chi connectivity index (χ1v) is 12.1. The Morgan fingerprint density at radius 3 is 2.62 bits per heavy atom. The predicted molar refractivity (Wildman–Crippen MR) is 133 cm³/mol. The summed E-state index contributed by atoms with van der Waals surface area (Å²) in [6.07, 6.45) is 3.89. The van der Waals surface area contributed by atoms with Gasteiger partial charge >= 0.3 is 0 Å². The standard InChI is InChI=1S/C28H33NO5/c1-5-6-7-14-33-21-11-8-10-20(17-21)24-23-25(30)22-16-18(2)15-19(3)26(22)34-27(23)28(31)29(24)12-9-13-32-4/h8,10-11,15-17,24H,5-7,9,12-14H2,1-4H3. The number of methoxy groups -OCH3 is 1. The lowest BCUT2D eigenvalue weighted by molar-refractivity contribution is 0.0707. The lowest BCUT2D eigenvalue weighted by Gasteiger charge is -2.25. The molecule has 1 amide bonds. The van der Waals surface area contributed by atoms with Gasteiger partial charge in [0.05, 0.1) is 23.6 Å². The number of fused-ring (bicyclic) bond motifs is 2. The summed E-state index contributed by atoms with van der Waals surface area (Å²) in [5, 5.41) is 0.514. The number of carbonyl (C=O) groups excluding carboxylic acids is 1. The van der Waals surface area contributed by atoms with Crippen LogP contribution in [0.3, 0.4) is 0 Å². The summed E-state index contributed by atoms with van der Waals surface area (Å²) in [6, 6.07) is 11.0. The number of hydrogen-bond donors (Lipinski definition) is 0. The Balaban J connectivity index is 1.81. The van der Waals surface area contributed by atoms with E-state index >= 15 is 0 Å². The third-order valence-electron chi connectivity index (χ3n) is 6.34. The Bertz CT molecular complexity index is 1250. The SMILES string of the molecule is CCCCCOc1cccc(C2c3c(oc4c(C)cc(C)cc4c3=O)C(=O)N2CCCOC)c1. The molecule has 1 atom stereocenters. The number of aryl methyl sites for hydroxylation is 2. The van der Waals surface area contributed by atoms with Crippen molar-refractivity contribution in [1.29, 1.82) is 0 Å². The summed E-state index contributed by atoms with van der Waals surface area (Å²) in [4.78, 5) is 29.0. The second-order valence-corrected chi connectivity index (χ2v) is 9.01. The van der Waals surface area contributed by atoms with Gasteiger partial charge in [0.15, 0.2) is 5.43 Å². The smallest absolute Gasteiger partial charge is 0.290 e. The van der Waals surface area contributed by atoms with Crippen molar-refractivity contribution in [2.24, 2.45) is 0 Å². The van der Waals surface area contributed by atoms with Crippen molar-refractivity contribution >= 4 is 16.9 Å². The highest BCUT2D eigenvalue weighted by Gasteiger charge is 2.42. The molecular formula is C28H33NO5. The fourth-order valence-electron chi connectivity index (χ4n) is 4.75. The molecule has 0 fully saturated rings. The lowest BCUT2D eigenvalue weighted by atomic mass is 9.97. The molecule has 0 saturated heterocycles. The maximum absolute atomic E-state index is 13.8. The summed E-state index contributed by atoms with van der Waals surface area (Å²) in [7, 11) is 1.64. The highest BCUT2D eigenvalue weighted by molar-refractivity contribution is 5.99. The van der Waals surface area contributed by atoms with Gasteiger partial charge < -0.3 is 18.8 Å². The fourth-order valence-corrected chi connectivity index (χ4v) is 4.75. The molecule has 2 aromatic carbocycles. The molecule has 0 N–H and O–H groups in total. The van der Waals surface area contributed by atoms with Crippen molar-refractivity contribution in [3.05, 3.63) is 74.6 Å². The van der Waals surface area contributed by atoms with Crippen molar-refractivity contribution in [2.45, 2.75) is 52.5 Å². The highest BCUT2D eigenvalue weighted by Crippen LogP contribution is 2.39. The Morgan fingerprint density at radius 2 is 1.85 bits per heavy atom. The maximum Gasteiger partial charge on any atom is 0.290 e. The molecule has 0 spiro atoms. The zero-order chi connectivity index (χ0) is 24.2. The minimum atomic E-state index is -0.528. The van der Waals surface area contributed by atoms with E-state index in [1.165, 1.54) is 0 Å². The number of rotatable bonds is 10. The Hall–Kier alpha value is -3.12. The van der Waals surface area contributed by atoms with Crippen molar-refractivity contribution < 1.29 is 18.7 Å². The Labute approximate surface area is 200 Å². The predicted octanol–water partition coefficient (Wildman–Crippen LogP) is 5.56. The molecule has 180 valence electrons. The van der Waals surface area contributed by atoms with Crippen LogP contribution in [-0.2, 0) is 4.74 Å². The van der Waals surface area contributed by atoms with Gasteiger partial charge in [0.2, 0.25) is 5.76 Å². The molecular weight excluding hydrogens is 430 g/mol. The monoisotopic (exact) mass is 463 g/mol. The molecule has 1 aliphatic heterocycles. The molecule has 1 aromatic heterocycles. The second kappa shape index (κ2) is 10.4. The van der Waals surface area contributed by atoms with Crippen LogP contribution in [0.5, 0.6) is 5.75 Å². The van der Waals surface area contributed by atoms with Gasteiger partial charge in [-0.15, -0.1) is 0 Å². The molecule has 34 heavy (non-hydrogen) atoms. The van der Waals surface area contributed by atoms with Crippen LogP contribution in [0, 0.1) is 13.8 Å². The summed E-state index contributed by atoms with van der Waals surface area (Å²) < 4.78 is 17.3. The van der Waals surface area contributed by atoms with Crippen LogP contribution in [0.1, 0.15) is 71.5 Å². The van der Waals surface area contributed by atoms with Crippen molar-refractivity contribution in [3.63, 3.8) is 0 Å². The van der Waals surface area contributed by atoms with E-state index < -0.39 is 6.04 Å². The van der Waals surface area contributed by atoms with Gasteiger partial charge in [0, 0.05) is 20.3 Å². The summed E-state index contributed by atoms with van der Waals surface area (Å²) >= 11 is 0. The van der Waals surface area contributed by atoms with Gasteiger partial charge in [0.1, 0.15) is 11.3 Å². The number of ether oxygens (including phenoxy) is 2. The van der Waals surface area contributed by atoms with E-state index in [9.17, 15) is 9.59 Å². The van der Waals surface area contributed by atoms with Gasteiger partial charge in [-0.3, -0.25) is 9.59 Å². The van der Waals surface area contributed by atoms with Crippen LogP contribution in [0.25, 0.3) is 11.0 Å². The summed E-state index contributed by atoms with van der Waals surface area (Å²) in [5.41, 5.74) is 3.41. The topological polar surface area (TPSA) is 69.0 Å². The van der Waals surface area contributed by atoms with E-state index in [4.69, 9.17) is 13.9 Å². The van der Waals surface area contributed by atoms with Crippen LogP contribution in [0.4, 0.5) is 0 Å². The largest absolute Gasteiger partial charge is 0.494 e. The molecule has 1 aliphatic rings. The average Bonchev–Trinajstić information content (AvgIpc) is 3.10. The zero-order valence-electron chi connectivity index (χ0n) is 20.5. The van der Waals surface area contributed by atoms with Gasteiger partial charge in [-0.25, -0.2) is 0 Å². The second-order valence-electron chi connectivity index (χ2n) is 9.01. The molecule has 0 bridgehead atoms. The quantitative estimate of drug-likeness (QED) is 0.368. The van der Waals surface area contributed by atoms with Gasteiger partial charge in [-0.05, 0) is 61.6 Å². The molecule has 2 heterocycles. The van der Waals surface area contributed by atoms with E-state index in [-0.39, 0.29) is 17.1 Å². The van der Waals surface area contributed by atoms with Crippen molar-refractivity contribution in [1.82, 2.24) is 4.90 Å². The van der Waals surface area contributed by atoms with Gasteiger partial charge in [0.25, 0.3) is 5.91 Å². The summed E-state index contributed by atoms with van der Waals surface area (Å²) in [5.74, 6) is 0.619. The molecule has 4 rings (SSSR count). The van der Waals surface area contributed by atoms with Gasteiger partial charge in [-0.1, -0.05) is 38.0 Å². The maximum atomic E-state index is 13.8. The Kier molecular flexibility index (Phi) is 7.37. The minimum absolute atomic E-state index is 0.140. The molecule has 0 radical (unpaired) electrons. The van der Waals surface area contributed by atoms with E-state index in [0.717, 1.165) is 41.7 Å². The molecule has 3 aromatic rings. The number of unbranched alkanes of at least 4 members (excludes halogenated alkanes) is 2. The van der Waals surface area contributed by atoms with Crippen LogP contribution in [0.15, 0.2) is 45.6 Å². The number of nitrogens with zero attached hydrogens (tertiary/aromatic N) is 1. The molecule has 0 saturated carbocycles. The number of benzene rings is 2. The third kappa shape index (κ3) is 4.60. The van der Waals surface area contributed by atoms with Crippen molar-refractivity contribution in [2.75, 3.05) is 26.9 Å². The fraction of sp³-hybridized carbons (Fsp3) is 0.429. The third-order valence-corrected chi connectivity index (χ3v) is 6.34. The molecule has 6 nitrogen and oxygen atoms in total. The highest BCUT2D eigenvalue weighted by atomic mass is 16.5. The van der Waals surface area contributed by atoms with E-state index in [0.29, 0.717) is 42.7 Å². The lowest BCUT2D eigenvalue weighted by Crippen LogP contribution is -2.31. The summed E-state index contributed by atoms with van der Waals surface area (Å²) in [6.45, 7) is 7.63. The van der Waals surface area contributed by atoms with Crippen LogP contribution in [-0.4, -0.2) is 37.7 Å². The first-order chi connectivity index (χ1) is 16.5. The van der Waals surface area contributed by atoms with Gasteiger partial charge in [-0.2, -0.15) is 0 Å².